The van der Waals surface area contributed by atoms with Crippen LogP contribution in [0.2, 0.25) is 5.02 Å². The van der Waals surface area contributed by atoms with Gasteiger partial charge in [-0.25, -0.2) is 0 Å². The lowest BCUT2D eigenvalue weighted by atomic mass is 10.1. The number of anilines is 1. The lowest BCUT2D eigenvalue weighted by Crippen LogP contribution is -2.49. The fraction of sp³-hybridized carbons (Fsp3) is 0.278. The lowest BCUT2D eigenvalue weighted by Gasteiger charge is -2.34. The van der Waals surface area contributed by atoms with Crippen LogP contribution in [0.25, 0.3) is 5.65 Å². The first-order valence-corrected chi connectivity index (χ1v) is 9.01. The molecular weight excluding hydrogens is 370 g/mol. The molecule has 2 aliphatic rings. The number of hydrogen-bond acceptors (Lipinski definition) is 6. The van der Waals surface area contributed by atoms with E-state index < -0.39 is 0 Å². The molecule has 2 aliphatic heterocycles. The van der Waals surface area contributed by atoms with Gasteiger partial charge in [-0.05, 0) is 30.3 Å². The van der Waals surface area contributed by atoms with Crippen LogP contribution in [0.5, 0.6) is 11.5 Å². The van der Waals surface area contributed by atoms with E-state index in [0.717, 1.165) is 5.95 Å². The van der Waals surface area contributed by atoms with Gasteiger partial charge in [-0.2, -0.15) is 0 Å². The second-order valence-corrected chi connectivity index (χ2v) is 6.80. The fourth-order valence-corrected chi connectivity index (χ4v) is 3.61. The van der Waals surface area contributed by atoms with E-state index in [-0.39, 0.29) is 12.7 Å². The lowest BCUT2D eigenvalue weighted by molar-refractivity contribution is 0.0745. The van der Waals surface area contributed by atoms with Gasteiger partial charge in [0.2, 0.25) is 12.7 Å². The van der Waals surface area contributed by atoms with Crippen molar-refractivity contribution >= 4 is 29.1 Å². The molecule has 8 nitrogen and oxygen atoms in total. The molecule has 0 atom stereocenters. The minimum Gasteiger partial charge on any atom is -0.454 e. The van der Waals surface area contributed by atoms with Crippen molar-refractivity contribution in [2.45, 2.75) is 0 Å². The van der Waals surface area contributed by atoms with Crippen molar-refractivity contribution in [2.24, 2.45) is 0 Å². The Morgan fingerprint density at radius 2 is 1.85 bits per heavy atom. The van der Waals surface area contributed by atoms with Crippen LogP contribution in [-0.2, 0) is 0 Å². The van der Waals surface area contributed by atoms with Gasteiger partial charge >= 0.3 is 0 Å². The Balaban J connectivity index is 1.31. The van der Waals surface area contributed by atoms with Crippen molar-refractivity contribution in [1.29, 1.82) is 0 Å². The van der Waals surface area contributed by atoms with E-state index in [2.05, 4.69) is 15.1 Å². The first-order chi connectivity index (χ1) is 13.2. The van der Waals surface area contributed by atoms with Crippen LogP contribution in [-0.4, -0.2) is 58.4 Å². The Kier molecular flexibility index (Phi) is 3.78. The quantitative estimate of drug-likeness (QED) is 0.672. The molecular formula is C18H16ClN5O3. The first-order valence-electron chi connectivity index (χ1n) is 8.64. The third-order valence-corrected chi connectivity index (χ3v) is 5.13. The summed E-state index contributed by atoms with van der Waals surface area (Å²) >= 11 is 6.17. The fourth-order valence-electron chi connectivity index (χ4n) is 3.41. The SMILES string of the molecule is O=C(c1ccc2c(c1)OCO2)N1CCN(c2nnc3c(Cl)cccn23)CC1. The zero-order chi connectivity index (χ0) is 18.4. The predicted molar refractivity (Wildman–Crippen MR) is 98.7 cm³/mol. The van der Waals surface area contributed by atoms with Crippen LogP contribution in [0.4, 0.5) is 5.95 Å². The van der Waals surface area contributed by atoms with Crippen LogP contribution in [0.15, 0.2) is 36.5 Å². The van der Waals surface area contributed by atoms with Crippen molar-refractivity contribution in [2.75, 3.05) is 37.9 Å². The van der Waals surface area contributed by atoms with Crippen molar-refractivity contribution in [3.8, 4) is 11.5 Å². The molecule has 1 saturated heterocycles. The van der Waals surface area contributed by atoms with E-state index in [1.165, 1.54) is 0 Å². The van der Waals surface area contributed by atoms with E-state index in [4.69, 9.17) is 21.1 Å². The Bertz CT molecular complexity index is 1030. The second-order valence-electron chi connectivity index (χ2n) is 6.40. The second kappa shape index (κ2) is 6.31. The number of ether oxygens (including phenoxy) is 2. The zero-order valence-corrected chi connectivity index (χ0v) is 15.1. The highest BCUT2D eigenvalue weighted by atomic mass is 35.5. The van der Waals surface area contributed by atoms with Gasteiger partial charge in [-0.15, -0.1) is 10.2 Å². The monoisotopic (exact) mass is 385 g/mol. The number of halogens is 1. The standard InChI is InChI=1S/C18H16ClN5O3/c19-13-2-1-5-24-16(13)20-21-18(24)23-8-6-22(7-9-23)17(25)12-3-4-14-15(10-12)27-11-26-14/h1-5,10H,6-9,11H2. The molecule has 0 radical (unpaired) electrons. The molecule has 1 fully saturated rings. The Morgan fingerprint density at radius 3 is 2.70 bits per heavy atom. The first kappa shape index (κ1) is 16.2. The van der Waals surface area contributed by atoms with Gasteiger partial charge in [0.15, 0.2) is 17.1 Å². The van der Waals surface area contributed by atoms with E-state index in [1.807, 2.05) is 21.6 Å². The Hall–Kier alpha value is -3.00. The molecule has 0 bridgehead atoms. The number of pyridine rings is 1. The number of hydrogen-bond donors (Lipinski definition) is 0. The summed E-state index contributed by atoms with van der Waals surface area (Å²) in [7, 11) is 0. The van der Waals surface area contributed by atoms with Crippen LogP contribution in [0.3, 0.4) is 0 Å². The van der Waals surface area contributed by atoms with Crippen LogP contribution >= 0.6 is 11.6 Å². The molecule has 1 amide bonds. The van der Waals surface area contributed by atoms with Gasteiger partial charge < -0.3 is 19.3 Å². The smallest absolute Gasteiger partial charge is 0.254 e. The van der Waals surface area contributed by atoms with E-state index >= 15 is 0 Å². The molecule has 0 N–H and O–H groups in total. The molecule has 0 saturated carbocycles. The molecule has 0 spiro atoms. The van der Waals surface area contributed by atoms with Crippen molar-refractivity contribution in [1.82, 2.24) is 19.5 Å². The van der Waals surface area contributed by atoms with Gasteiger partial charge in [-0.3, -0.25) is 9.20 Å². The summed E-state index contributed by atoms with van der Waals surface area (Å²) < 4.78 is 12.5. The number of carbonyl (C=O) groups is 1. The van der Waals surface area contributed by atoms with Gasteiger partial charge in [0.1, 0.15) is 0 Å². The van der Waals surface area contributed by atoms with Gasteiger partial charge in [0, 0.05) is 37.9 Å². The summed E-state index contributed by atoms with van der Waals surface area (Å²) in [5, 5.41) is 8.99. The number of amides is 1. The maximum Gasteiger partial charge on any atom is 0.254 e. The largest absolute Gasteiger partial charge is 0.454 e. The molecule has 2 aromatic heterocycles. The molecule has 1 aromatic carbocycles. The van der Waals surface area contributed by atoms with Crippen LogP contribution < -0.4 is 14.4 Å². The average Bonchev–Trinajstić information content (AvgIpc) is 3.34. The molecule has 0 unspecified atom stereocenters. The number of aromatic nitrogens is 3. The highest BCUT2D eigenvalue weighted by molar-refractivity contribution is 6.33. The number of fused-ring (bicyclic) bond motifs is 2. The van der Waals surface area contributed by atoms with E-state index in [9.17, 15) is 4.79 Å². The molecule has 27 heavy (non-hydrogen) atoms. The maximum atomic E-state index is 12.8. The minimum absolute atomic E-state index is 0.0119. The number of nitrogens with zero attached hydrogens (tertiary/aromatic N) is 5. The molecule has 5 rings (SSSR count). The van der Waals surface area contributed by atoms with Gasteiger partial charge in [0.25, 0.3) is 5.91 Å². The Morgan fingerprint density at radius 1 is 1.04 bits per heavy atom. The number of carbonyl (C=O) groups excluding carboxylic acids is 1. The van der Waals surface area contributed by atoms with Crippen molar-refractivity contribution in [3.05, 3.63) is 47.1 Å². The molecule has 0 aliphatic carbocycles. The maximum absolute atomic E-state index is 12.8. The van der Waals surface area contributed by atoms with Gasteiger partial charge in [-0.1, -0.05) is 11.6 Å². The van der Waals surface area contributed by atoms with Crippen LogP contribution in [0.1, 0.15) is 10.4 Å². The summed E-state index contributed by atoms with van der Waals surface area (Å²) in [5.74, 6) is 2.02. The molecule has 138 valence electrons. The number of rotatable bonds is 2. The average molecular weight is 386 g/mol. The topological polar surface area (TPSA) is 72.2 Å². The summed E-state index contributed by atoms with van der Waals surface area (Å²) in [4.78, 5) is 16.8. The summed E-state index contributed by atoms with van der Waals surface area (Å²) in [6.07, 6.45) is 1.89. The van der Waals surface area contributed by atoms with Crippen LogP contribution in [0, 0.1) is 0 Å². The van der Waals surface area contributed by atoms with E-state index in [1.54, 1.807) is 24.3 Å². The zero-order valence-electron chi connectivity index (χ0n) is 14.3. The Labute approximate surface area is 159 Å². The molecule has 4 heterocycles. The highest BCUT2D eigenvalue weighted by Crippen LogP contribution is 2.33. The molecule has 3 aromatic rings. The van der Waals surface area contributed by atoms with E-state index in [0.29, 0.717) is 53.9 Å². The van der Waals surface area contributed by atoms with Gasteiger partial charge in [0.05, 0.1) is 5.02 Å². The number of benzene rings is 1. The normalized spacial score (nSPS) is 16.2. The third kappa shape index (κ3) is 2.73. The third-order valence-electron chi connectivity index (χ3n) is 4.84. The molecule has 9 heteroatoms. The van der Waals surface area contributed by atoms with Crippen molar-refractivity contribution in [3.63, 3.8) is 0 Å². The predicted octanol–water partition coefficient (Wildman–Crippen LogP) is 2.07. The summed E-state index contributed by atoms with van der Waals surface area (Å²) in [5.41, 5.74) is 1.24. The summed E-state index contributed by atoms with van der Waals surface area (Å²) in [6.45, 7) is 2.74. The summed E-state index contributed by atoms with van der Waals surface area (Å²) in [6, 6.07) is 8.94. The number of piperazine rings is 1. The minimum atomic E-state index is -0.0119. The highest BCUT2D eigenvalue weighted by Gasteiger charge is 2.26. The van der Waals surface area contributed by atoms with Crippen molar-refractivity contribution < 1.29 is 14.3 Å².